The second kappa shape index (κ2) is 3.90. The third kappa shape index (κ3) is 1.97. The minimum absolute atomic E-state index is 0.00148. The molecule has 1 N–H and O–H groups in total. The van der Waals surface area contributed by atoms with Crippen LogP contribution in [0.2, 0.25) is 0 Å². The van der Waals surface area contributed by atoms with Crippen molar-refractivity contribution in [1.82, 2.24) is 0 Å². The van der Waals surface area contributed by atoms with E-state index in [0.29, 0.717) is 0 Å². The van der Waals surface area contributed by atoms with Gasteiger partial charge in [0.05, 0.1) is 19.1 Å². The summed E-state index contributed by atoms with van der Waals surface area (Å²) in [7, 11) is 1.42. The van der Waals surface area contributed by atoms with Crippen molar-refractivity contribution in [2.24, 2.45) is 11.8 Å². The van der Waals surface area contributed by atoms with Crippen molar-refractivity contribution in [3.8, 4) is 0 Å². The third-order valence-electron chi connectivity index (χ3n) is 2.65. The predicted octanol–water partition coefficient (Wildman–Crippen LogP) is 0.956. The maximum atomic E-state index is 11.2. The van der Waals surface area contributed by atoms with Gasteiger partial charge in [-0.25, -0.2) is 0 Å². The predicted molar refractivity (Wildman–Crippen MR) is 44.5 cm³/mol. The lowest BCUT2D eigenvalue weighted by Crippen LogP contribution is -2.31. The van der Waals surface area contributed by atoms with Crippen LogP contribution in [0.5, 0.6) is 0 Å². The topological polar surface area (TPSA) is 46.5 Å². The van der Waals surface area contributed by atoms with Gasteiger partial charge < -0.3 is 9.84 Å². The molecule has 3 heteroatoms. The van der Waals surface area contributed by atoms with Gasteiger partial charge in [-0.1, -0.05) is 6.92 Å². The zero-order valence-electron chi connectivity index (χ0n) is 7.62. The minimum atomic E-state index is -0.221. The average Bonchev–Trinajstić information content (AvgIpc) is 2.03. The third-order valence-corrected chi connectivity index (χ3v) is 2.65. The number of rotatable bonds is 1. The number of carbonyl (C=O) groups excluding carboxylic acids is 1. The molecule has 1 aliphatic rings. The molecule has 0 aromatic heterocycles. The summed E-state index contributed by atoms with van der Waals surface area (Å²) >= 11 is 0. The fraction of sp³-hybridized carbons (Fsp3) is 0.889. The van der Waals surface area contributed by atoms with Crippen molar-refractivity contribution >= 4 is 5.97 Å². The summed E-state index contributed by atoms with van der Waals surface area (Å²) in [6.45, 7) is 1.99. The first-order valence-corrected chi connectivity index (χ1v) is 4.41. The van der Waals surface area contributed by atoms with Crippen LogP contribution in [-0.2, 0) is 9.53 Å². The Labute approximate surface area is 72.7 Å². The van der Waals surface area contributed by atoms with Gasteiger partial charge >= 0.3 is 5.97 Å². The molecule has 0 radical (unpaired) electrons. The molecule has 12 heavy (non-hydrogen) atoms. The summed E-state index contributed by atoms with van der Waals surface area (Å²) in [4.78, 5) is 11.2. The van der Waals surface area contributed by atoms with Crippen LogP contribution in [0.1, 0.15) is 26.2 Å². The number of hydrogen-bond donors (Lipinski definition) is 1. The number of methoxy groups -OCH3 is 1. The number of carbonyl (C=O) groups is 1. The molecule has 0 aromatic carbocycles. The maximum absolute atomic E-state index is 11.2. The number of hydrogen-bond acceptors (Lipinski definition) is 3. The fourth-order valence-electron chi connectivity index (χ4n) is 1.87. The molecular formula is C9H16O3. The van der Waals surface area contributed by atoms with E-state index < -0.39 is 0 Å². The van der Waals surface area contributed by atoms with Crippen LogP contribution in [0.15, 0.2) is 0 Å². The normalized spacial score (nSPS) is 36.1. The summed E-state index contributed by atoms with van der Waals surface area (Å²) in [5, 5.41) is 9.30. The SMILES string of the molecule is COC(=O)C1CCC(O)CC1C. The Hall–Kier alpha value is -0.570. The highest BCUT2D eigenvalue weighted by molar-refractivity contribution is 5.72. The molecule has 1 saturated carbocycles. The van der Waals surface area contributed by atoms with Crippen LogP contribution >= 0.6 is 0 Å². The summed E-state index contributed by atoms with van der Waals surface area (Å²) in [6, 6.07) is 0. The lowest BCUT2D eigenvalue weighted by molar-refractivity contribution is -0.149. The van der Waals surface area contributed by atoms with E-state index in [2.05, 4.69) is 4.74 Å². The molecule has 0 spiro atoms. The molecule has 3 atom stereocenters. The van der Waals surface area contributed by atoms with Crippen molar-refractivity contribution in [3.63, 3.8) is 0 Å². The first kappa shape index (κ1) is 9.52. The number of aliphatic hydroxyl groups is 1. The van der Waals surface area contributed by atoms with Crippen molar-refractivity contribution in [3.05, 3.63) is 0 Å². The maximum Gasteiger partial charge on any atom is 0.308 e. The van der Waals surface area contributed by atoms with E-state index in [-0.39, 0.29) is 23.9 Å². The standard InChI is InChI=1S/C9H16O3/c1-6-5-7(10)3-4-8(6)9(11)12-2/h6-8,10H,3-5H2,1-2H3. The van der Waals surface area contributed by atoms with Gasteiger partial charge in [0, 0.05) is 0 Å². The Morgan fingerprint density at radius 3 is 2.67 bits per heavy atom. The van der Waals surface area contributed by atoms with Gasteiger partial charge in [0.15, 0.2) is 0 Å². The van der Waals surface area contributed by atoms with Gasteiger partial charge in [0.2, 0.25) is 0 Å². The van der Waals surface area contributed by atoms with Crippen molar-refractivity contribution in [1.29, 1.82) is 0 Å². The largest absolute Gasteiger partial charge is 0.469 e. The molecule has 3 unspecified atom stereocenters. The van der Waals surface area contributed by atoms with E-state index in [9.17, 15) is 9.90 Å². The summed E-state index contributed by atoms with van der Waals surface area (Å²) < 4.78 is 4.67. The number of aliphatic hydroxyl groups excluding tert-OH is 1. The van der Waals surface area contributed by atoms with E-state index in [1.165, 1.54) is 7.11 Å². The van der Waals surface area contributed by atoms with Gasteiger partial charge in [0.25, 0.3) is 0 Å². The van der Waals surface area contributed by atoms with E-state index in [4.69, 9.17) is 0 Å². The minimum Gasteiger partial charge on any atom is -0.469 e. The first-order valence-electron chi connectivity index (χ1n) is 4.41. The highest BCUT2D eigenvalue weighted by atomic mass is 16.5. The Balaban J connectivity index is 2.50. The van der Waals surface area contributed by atoms with Crippen LogP contribution in [-0.4, -0.2) is 24.3 Å². The highest BCUT2D eigenvalue weighted by Gasteiger charge is 2.31. The van der Waals surface area contributed by atoms with Gasteiger partial charge in [-0.15, -0.1) is 0 Å². The molecule has 0 aliphatic heterocycles. The molecule has 0 saturated heterocycles. The second-order valence-electron chi connectivity index (χ2n) is 3.57. The van der Waals surface area contributed by atoms with E-state index in [1.807, 2.05) is 6.92 Å². The second-order valence-corrected chi connectivity index (χ2v) is 3.57. The molecule has 1 fully saturated rings. The molecule has 1 aliphatic carbocycles. The quantitative estimate of drug-likeness (QED) is 0.599. The molecule has 0 amide bonds. The van der Waals surface area contributed by atoms with Crippen molar-refractivity contribution in [2.75, 3.05) is 7.11 Å². The zero-order chi connectivity index (χ0) is 9.14. The fourth-order valence-corrected chi connectivity index (χ4v) is 1.87. The molecule has 1 rings (SSSR count). The van der Waals surface area contributed by atoms with Crippen LogP contribution in [0.25, 0.3) is 0 Å². The molecule has 0 aromatic rings. The number of ether oxygens (including phenoxy) is 1. The van der Waals surface area contributed by atoms with Gasteiger partial charge in [-0.05, 0) is 25.2 Å². The van der Waals surface area contributed by atoms with Crippen LogP contribution in [0.3, 0.4) is 0 Å². The van der Waals surface area contributed by atoms with Gasteiger partial charge in [0.1, 0.15) is 0 Å². The Morgan fingerprint density at radius 1 is 1.50 bits per heavy atom. The summed E-state index contributed by atoms with van der Waals surface area (Å²) in [6.07, 6.45) is 1.99. The lowest BCUT2D eigenvalue weighted by atomic mass is 9.79. The monoisotopic (exact) mass is 172 g/mol. The summed E-state index contributed by atoms with van der Waals surface area (Å²) in [5.74, 6) is 0.119. The van der Waals surface area contributed by atoms with Crippen LogP contribution in [0, 0.1) is 11.8 Å². The zero-order valence-corrected chi connectivity index (χ0v) is 7.62. The smallest absolute Gasteiger partial charge is 0.308 e. The summed E-state index contributed by atoms with van der Waals surface area (Å²) in [5.41, 5.74) is 0. The van der Waals surface area contributed by atoms with Gasteiger partial charge in [-0.3, -0.25) is 4.79 Å². The molecule has 0 bridgehead atoms. The average molecular weight is 172 g/mol. The highest BCUT2D eigenvalue weighted by Crippen LogP contribution is 2.30. The molecule has 0 heterocycles. The molecular weight excluding hydrogens is 156 g/mol. The van der Waals surface area contributed by atoms with E-state index in [1.54, 1.807) is 0 Å². The van der Waals surface area contributed by atoms with E-state index in [0.717, 1.165) is 19.3 Å². The van der Waals surface area contributed by atoms with Gasteiger partial charge in [-0.2, -0.15) is 0 Å². The Kier molecular flexibility index (Phi) is 3.09. The first-order chi connectivity index (χ1) is 5.65. The molecule has 3 nitrogen and oxygen atoms in total. The lowest BCUT2D eigenvalue weighted by Gasteiger charge is -2.29. The van der Waals surface area contributed by atoms with Crippen LogP contribution < -0.4 is 0 Å². The Bertz CT molecular complexity index is 167. The Morgan fingerprint density at radius 2 is 2.17 bits per heavy atom. The van der Waals surface area contributed by atoms with Crippen LogP contribution in [0.4, 0.5) is 0 Å². The molecule has 70 valence electrons. The number of esters is 1. The van der Waals surface area contributed by atoms with E-state index >= 15 is 0 Å². The van der Waals surface area contributed by atoms with Crippen molar-refractivity contribution < 1.29 is 14.6 Å². The van der Waals surface area contributed by atoms with Crippen molar-refractivity contribution in [2.45, 2.75) is 32.3 Å².